The highest BCUT2D eigenvalue weighted by Crippen LogP contribution is 2.21. The first-order valence-electron chi connectivity index (χ1n) is 5.94. The molecule has 2 aromatic carbocycles. The molecule has 0 spiro atoms. The van der Waals surface area contributed by atoms with Gasteiger partial charge < -0.3 is 5.32 Å². The summed E-state index contributed by atoms with van der Waals surface area (Å²) < 4.78 is 0.946. The van der Waals surface area contributed by atoms with Gasteiger partial charge >= 0.3 is 0 Å². The van der Waals surface area contributed by atoms with Crippen LogP contribution in [0.3, 0.4) is 0 Å². The molecule has 2 aromatic rings. The minimum Gasteiger partial charge on any atom is -0.309 e. The Bertz CT molecular complexity index is 617. The average Bonchev–Trinajstić information content (AvgIpc) is 2.42. The molecule has 0 unspecified atom stereocenters. The van der Waals surface area contributed by atoms with Crippen LogP contribution in [0.25, 0.3) is 0 Å². The number of benzene rings is 2. The lowest BCUT2D eigenvalue weighted by atomic mass is 10.2. The Kier molecular flexibility index (Phi) is 5.11. The summed E-state index contributed by atoms with van der Waals surface area (Å²) in [5, 5.41) is 14.5. The lowest BCUT2D eigenvalue weighted by Gasteiger charge is -2.07. The highest BCUT2D eigenvalue weighted by atomic mass is 79.9. The number of rotatable bonds is 5. The van der Waals surface area contributed by atoms with Gasteiger partial charge in [0.15, 0.2) is 0 Å². The van der Waals surface area contributed by atoms with Crippen LogP contribution in [0, 0.1) is 10.1 Å². The third-order valence-corrected chi connectivity index (χ3v) is 3.65. The Morgan fingerprint density at radius 1 is 1.15 bits per heavy atom. The monoisotopic (exact) mass is 354 g/mol. The van der Waals surface area contributed by atoms with E-state index in [2.05, 4.69) is 21.2 Å². The molecule has 6 heteroatoms. The van der Waals surface area contributed by atoms with Crippen molar-refractivity contribution in [3.8, 4) is 0 Å². The van der Waals surface area contributed by atoms with Crippen molar-refractivity contribution < 1.29 is 4.92 Å². The maximum absolute atomic E-state index is 10.5. The number of halogens is 2. The molecular formula is C14H12BrClN2O2. The van der Waals surface area contributed by atoms with Crippen LogP contribution in [-0.4, -0.2) is 4.92 Å². The maximum atomic E-state index is 10.5. The molecule has 0 aliphatic rings. The summed E-state index contributed by atoms with van der Waals surface area (Å²) in [7, 11) is 0. The van der Waals surface area contributed by atoms with E-state index in [0.717, 1.165) is 15.6 Å². The van der Waals surface area contributed by atoms with Crippen LogP contribution < -0.4 is 5.32 Å². The number of hydrogen-bond acceptors (Lipinski definition) is 3. The summed E-state index contributed by atoms with van der Waals surface area (Å²) in [6.45, 7) is 1.27. The lowest BCUT2D eigenvalue weighted by Crippen LogP contribution is -2.12. The van der Waals surface area contributed by atoms with Crippen molar-refractivity contribution in [2.75, 3.05) is 0 Å². The Morgan fingerprint density at radius 2 is 1.85 bits per heavy atom. The van der Waals surface area contributed by atoms with E-state index >= 15 is 0 Å². The first-order chi connectivity index (χ1) is 9.56. The van der Waals surface area contributed by atoms with Gasteiger partial charge in [-0.2, -0.15) is 0 Å². The topological polar surface area (TPSA) is 55.2 Å². The van der Waals surface area contributed by atoms with Gasteiger partial charge in [-0.15, -0.1) is 0 Å². The third-order valence-electron chi connectivity index (χ3n) is 2.81. The van der Waals surface area contributed by atoms with E-state index in [9.17, 15) is 10.1 Å². The first-order valence-corrected chi connectivity index (χ1v) is 7.11. The van der Waals surface area contributed by atoms with Gasteiger partial charge in [0.05, 0.1) is 4.92 Å². The number of nitrogens with zero attached hydrogens (tertiary/aromatic N) is 1. The molecule has 0 aromatic heterocycles. The number of hydrogen-bond donors (Lipinski definition) is 1. The molecule has 0 heterocycles. The van der Waals surface area contributed by atoms with E-state index in [0.29, 0.717) is 18.1 Å². The fraction of sp³-hybridized carbons (Fsp3) is 0.143. The summed E-state index contributed by atoms with van der Waals surface area (Å²) in [4.78, 5) is 10.1. The summed E-state index contributed by atoms with van der Waals surface area (Å²) in [5.41, 5.74) is 2.10. The SMILES string of the molecule is O=[N+]([O-])c1ccc(CNCc2ccc(Br)cc2Cl)cc1. The van der Waals surface area contributed by atoms with Crippen molar-refractivity contribution in [2.45, 2.75) is 13.1 Å². The summed E-state index contributed by atoms with van der Waals surface area (Å²) in [5.74, 6) is 0. The highest BCUT2D eigenvalue weighted by Gasteiger charge is 2.04. The molecule has 0 saturated carbocycles. The summed E-state index contributed by atoms with van der Waals surface area (Å²) >= 11 is 9.48. The largest absolute Gasteiger partial charge is 0.309 e. The normalized spacial score (nSPS) is 10.5. The fourth-order valence-electron chi connectivity index (χ4n) is 1.74. The van der Waals surface area contributed by atoms with Crippen LogP contribution in [0.4, 0.5) is 5.69 Å². The Hall–Kier alpha value is -1.43. The number of nitro groups is 1. The second kappa shape index (κ2) is 6.83. The molecule has 0 aliphatic heterocycles. The summed E-state index contributed by atoms with van der Waals surface area (Å²) in [6.07, 6.45) is 0. The van der Waals surface area contributed by atoms with Gasteiger partial charge in [-0.25, -0.2) is 0 Å². The zero-order valence-corrected chi connectivity index (χ0v) is 12.8. The van der Waals surface area contributed by atoms with E-state index in [1.54, 1.807) is 12.1 Å². The average molecular weight is 356 g/mol. The molecule has 104 valence electrons. The molecule has 20 heavy (non-hydrogen) atoms. The predicted molar refractivity (Wildman–Crippen MR) is 82.8 cm³/mol. The maximum Gasteiger partial charge on any atom is 0.269 e. The van der Waals surface area contributed by atoms with Gasteiger partial charge in [0.1, 0.15) is 0 Å². The molecule has 0 amide bonds. The van der Waals surface area contributed by atoms with Crippen molar-refractivity contribution in [1.29, 1.82) is 0 Å². The van der Waals surface area contributed by atoms with Crippen molar-refractivity contribution in [3.63, 3.8) is 0 Å². The summed E-state index contributed by atoms with van der Waals surface area (Å²) in [6, 6.07) is 12.2. The lowest BCUT2D eigenvalue weighted by molar-refractivity contribution is -0.384. The van der Waals surface area contributed by atoms with Gasteiger partial charge in [0, 0.05) is 34.7 Å². The van der Waals surface area contributed by atoms with E-state index in [4.69, 9.17) is 11.6 Å². The Morgan fingerprint density at radius 3 is 2.45 bits per heavy atom. The van der Waals surface area contributed by atoms with Gasteiger partial charge in [-0.1, -0.05) is 45.7 Å². The van der Waals surface area contributed by atoms with E-state index in [-0.39, 0.29) is 5.69 Å². The zero-order valence-electron chi connectivity index (χ0n) is 10.5. The van der Waals surface area contributed by atoms with Gasteiger partial charge in [-0.05, 0) is 23.3 Å². The third kappa shape index (κ3) is 4.03. The van der Waals surface area contributed by atoms with Crippen LogP contribution in [-0.2, 0) is 13.1 Å². The molecule has 0 radical (unpaired) electrons. The van der Waals surface area contributed by atoms with Crippen molar-refractivity contribution in [3.05, 3.63) is 73.2 Å². The van der Waals surface area contributed by atoms with Crippen LogP contribution in [0.1, 0.15) is 11.1 Å². The molecule has 0 fully saturated rings. The van der Waals surface area contributed by atoms with E-state index < -0.39 is 4.92 Å². The van der Waals surface area contributed by atoms with Crippen LogP contribution >= 0.6 is 27.5 Å². The van der Waals surface area contributed by atoms with Crippen molar-refractivity contribution >= 4 is 33.2 Å². The molecule has 0 saturated heterocycles. The van der Waals surface area contributed by atoms with Crippen LogP contribution in [0.2, 0.25) is 5.02 Å². The second-order valence-electron chi connectivity index (χ2n) is 4.26. The Balaban J connectivity index is 1.91. The smallest absolute Gasteiger partial charge is 0.269 e. The molecule has 0 aliphatic carbocycles. The number of nitrogens with one attached hydrogen (secondary N) is 1. The molecule has 2 rings (SSSR count). The molecular weight excluding hydrogens is 344 g/mol. The zero-order chi connectivity index (χ0) is 14.5. The van der Waals surface area contributed by atoms with Gasteiger partial charge in [-0.3, -0.25) is 10.1 Å². The van der Waals surface area contributed by atoms with E-state index in [1.165, 1.54) is 12.1 Å². The number of non-ortho nitro benzene ring substituents is 1. The highest BCUT2D eigenvalue weighted by molar-refractivity contribution is 9.10. The van der Waals surface area contributed by atoms with Gasteiger partial charge in [0.2, 0.25) is 0 Å². The standard InChI is InChI=1S/C14H12BrClN2O2/c15-12-4-3-11(14(16)7-12)9-17-8-10-1-5-13(6-2-10)18(19)20/h1-7,17H,8-9H2. The number of nitro benzene ring substituents is 1. The van der Waals surface area contributed by atoms with E-state index in [1.807, 2.05) is 18.2 Å². The molecule has 0 bridgehead atoms. The van der Waals surface area contributed by atoms with Crippen LogP contribution in [0.5, 0.6) is 0 Å². The Labute approximate surface area is 130 Å². The molecule has 4 nitrogen and oxygen atoms in total. The predicted octanol–water partition coefficient (Wildman–Crippen LogP) is 4.30. The quantitative estimate of drug-likeness (QED) is 0.642. The minimum atomic E-state index is -0.404. The second-order valence-corrected chi connectivity index (χ2v) is 5.59. The minimum absolute atomic E-state index is 0.102. The molecule has 1 N–H and O–H groups in total. The van der Waals surface area contributed by atoms with Crippen LogP contribution in [0.15, 0.2) is 46.9 Å². The molecule has 0 atom stereocenters. The fourth-order valence-corrected chi connectivity index (χ4v) is 2.48. The first kappa shape index (κ1) is 15.0. The van der Waals surface area contributed by atoms with Crippen molar-refractivity contribution in [2.24, 2.45) is 0 Å². The van der Waals surface area contributed by atoms with Crippen molar-refractivity contribution in [1.82, 2.24) is 5.32 Å². The van der Waals surface area contributed by atoms with Gasteiger partial charge in [0.25, 0.3) is 5.69 Å².